The standard InChI is InChI=1S/C18H15N3O3S/c22-14-10-25-16-13(6-7-20(16)12-4-2-1-3-5-12)21(14)18-8-11(9-18)15(23)19-17(18)24/h1-7,11H,8-10H2,(H,19,23,24). The lowest BCUT2D eigenvalue weighted by Gasteiger charge is -2.55. The second-order valence-electron chi connectivity index (χ2n) is 6.68. The van der Waals surface area contributed by atoms with Crippen molar-refractivity contribution in [2.24, 2.45) is 5.92 Å². The van der Waals surface area contributed by atoms with E-state index in [9.17, 15) is 14.4 Å². The number of imide groups is 1. The highest BCUT2D eigenvalue weighted by Gasteiger charge is 2.63. The van der Waals surface area contributed by atoms with Crippen LogP contribution in [0.1, 0.15) is 12.8 Å². The fourth-order valence-corrected chi connectivity index (χ4v) is 5.05. The molecule has 1 aromatic heterocycles. The molecule has 3 amide bonds. The van der Waals surface area contributed by atoms with E-state index in [4.69, 9.17) is 0 Å². The second kappa shape index (κ2) is 4.98. The third kappa shape index (κ3) is 1.90. The van der Waals surface area contributed by atoms with Crippen LogP contribution in [0.5, 0.6) is 0 Å². The third-order valence-electron chi connectivity index (χ3n) is 5.30. The summed E-state index contributed by atoms with van der Waals surface area (Å²) in [6.07, 6.45) is 2.77. The Morgan fingerprint density at radius 3 is 2.56 bits per heavy atom. The molecule has 6 nitrogen and oxygen atoms in total. The first-order valence-corrected chi connectivity index (χ1v) is 9.17. The van der Waals surface area contributed by atoms with Gasteiger partial charge in [0, 0.05) is 17.8 Å². The minimum atomic E-state index is -0.908. The molecule has 1 aromatic carbocycles. The number of amides is 3. The lowest BCUT2D eigenvalue weighted by molar-refractivity contribution is -0.152. The highest BCUT2D eigenvalue weighted by atomic mass is 32.2. The van der Waals surface area contributed by atoms with Crippen LogP contribution in [0.25, 0.3) is 5.69 Å². The molecule has 25 heavy (non-hydrogen) atoms. The summed E-state index contributed by atoms with van der Waals surface area (Å²) in [5.74, 6) is -0.519. The average Bonchev–Trinajstić information content (AvgIpc) is 2.99. The van der Waals surface area contributed by atoms with Crippen molar-refractivity contribution in [2.45, 2.75) is 23.4 Å². The Morgan fingerprint density at radius 1 is 1.08 bits per heavy atom. The van der Waals surface area contributed by atoms with Crippen LogP contribution in [0.15, 0.2) is 47.6 Å². The number of hydrogen-bond acceptors (Lipinski definition) is 4. The molecule has 6 rings (SSSR count). The zero-order valence-corrected chi connectivity index (χ0v) is 14.1. The average molecular weight is 353 g/mol. The molecule has 4 heterocycles. The number of anilines is 1. The van der Waals surface area contributed by atoms with Gasteiger partial charge < -0.3 is 4.57 Å². The van der Waals surface area contributed by atoms with Gasteiger partial charge in [0.2, 0.25) is 11.8 Å². The van der Waals surface area contributed by atoms with Gasteiger partial charge in [0.1, 0.15) is 10.6 Å². The van der Waals surface area contributed by atoms with Crippen molar-refractivity contribution in [1.29, 1.82) is 0 Å². The first-order chi connectivity index (χ1) is 12.1. The summed E-state index contributed by atoms with van der Waals surface area (Å²) in [6.45, 7) is 0. The molecule has 2 aromatic rings. The predicted octanol–water partition coefficient (Wildman–Crippen LogP) is 1.72. The summed E-state index contributed by atoms with van der Waals surface area (Å²) in [6, 6.07) is 11.8. The van der Waals surface area contributed by atoms with Crippen LogP contribution in [-0.4, -0.2) is 33.6 Å². The number of thioether (sulfide) groups is 1. The summed E-state index contributed by atoms with van der Waals surface area (Å²) in [5.41, 5.74) is 0.861. The molecule has 1 saturated carbocycles. The van der Waals surface area contributed by atoms with Crippen molar-refractivity contribution in [3.8, 4) is 5.69 Å². The van der Waals surface area contributed by atoms with Crippen LogP contribution >= 0.6 is 11.8 Å². The van der Waals surface area contributed by atoms with Crippen molar-refractivity contribution in [3.05, 3.63) is 42.6 Å². The van der Waals surface area contributed by atoms with E-state index < -0.39 is 5.54 Å². The molecule has 1 aliphatic carbocycles. The van der Waals surface area contributed by atoms with Crippen molar-refractivity contribution in [2.75, 3.05) is 10.7 Å². The number of para-hydroxylation sites is 1. The second-order valence-corrected chi connectivity index (χ2v) is 7.65. The number of nitrogens with one attached hydrogen (secondary N) is 1. The molecule has 126 valence electrons. The fraction of sp³-hybridized carbons (Fsp3) is 0.278. The molecule has 3 fully saturated rings. The van der Waals surface area contributed by atoms with Crippen molar-refractivity contribution in [3.63, 3.8) is 0 Å². The molecule has 7 heteroatoms. The number of hydrogen-bond donors (Lipinski definition) is 1. The normalized spacial score (nSPS) is 27.6. The van der Waals surface area contributed by atoms with Gasteiger partial charge in [0.15, 0.2) is 0 Å². The third-order valence-corrected chi connectivity index (χ3v) is 6.37. The van der Waals surface area contributed by atoms with Gasteiger partial charge in [-0.15, -0.1) is 0 Å². The van der Waals surface area contributed by atoms with Crippen LogP contribution in [0.3, 0.4) is 0 Å². The molecular formula is C18H15N3O3S. The van der Waals surface area contributed by atoms with Crippen LogP contribution < -0.4 is 10.2 Å². The van der Waals surface area contributed by atoms with Crippen molar-refractivity contribution < 1.29 is 14.4 Å². The van der Waals surface area contributed by atoms with E-state index in [1.54, 1.807) is 4.90 Å². The topological polar surface area (TPSA) is 71.4 Å². The minimum absolute atomic E-state index is 0.0775. The molecule has 0 atom stereocenters. The maximum absolute atomic E-state index is 12.7. The zero-order chi connectivity index (χ0) is 17.2. The van der Waals surface area contributed by atoms with E-state index in [2.05, 4.69) is 5.32 Å². The summed E-state index contributed by atoms with van der Waals surface area (Å²) in [7, 11) is 0. The summed E-state index contributed by atoms with van der Waals surface area (Å²) in [4.78, 5) is 38.6. The maximum Gasteiger partial charge on any atom is 0.252 e. The number of rotatable bonds is 2. The van der Waals surface area contributed by atoms with E-state index in [0.717, 1.165) is 16.4 Å². The number of carbonyl (C=O) groups is 3. The summed E-state index contributed by atoms with van der Waals surface area (Å²) < 4.78 is 2.04. The Labute approximate surface area is 148 Å². The molecule has 4 aliphatic rings. The highest BCUT2D eigenvalue weighted by molar-refractivity contribution is 8.00. The Bertz CT molecular complexity index is 915. The van der Waals surface area contributed by atoms with Gasteiger partial charge in [-0.1, -0.05) is 30.0 Å². The number of carbonyl (C=O) groups excluding carboxylic acids is 3. The number of piperidine rings is 2. The Hall–Kier alpha value is -2.54. The van der Waals surface area contributed by atoms with Crippen molar-refractivity contribution >= 4 is 35.2 Å². The lowest BCUT2D eigenvalue weighted by atomic mass is 9.63. The Morgan fingerprint density at radius 2 is 1.84 bits per heavy atom. The van der Waals surface area contributed by atoms with Gasteiger partial charge in [0.25, 0.3) is 5.91 Å². The maximum atomic E-state index is 12.7. The first kappa shape index (κ1) is 14.8. The van der Waals surface area contributed by atoms with E-state index in [1.807, 2.05) is 47.2 Å². The number of aromatic nitrogens is 1. The molecular weight excluding hydrogens is 338 g/mol. The van der Waals surface area contributed by atoms with Gasteiger partial charge in [0.05, 0.1) is 11.4 Å². The number of fused-ring (bicyclic) bond motifs is 3. The largest absolute Gasteiger partial charge is 0.310 e. The van der Waals surface area contributed by atoms with Crippen molar-refractivity contribution in [1.82, 2.24) is 9.88 Å². The molecule has 2 bridgehead atoms. The minimum Gasteiger partial charge on any atom is -0.310 e. The van der Waals surface area contributed by atoms with E-state index in [-0.39, 0.29) is 29.4 Å². The molecule has 0 spiro atoms. The van der Waals surface area contributed by atoms with Crippen LogP contribution in [0.4, 0.5) is 5.69 Å². The van der Waals surface area contributed by atoms with Gasteiger partial charge >= 0.3 is 0 Å². The van der Waals surface area contributed by atoms with Crippen LogP contribution in [0.2, 0.25) is 0 Å². The quantitative estimate of drug-likeness (QED) is 0.835. The van der Waals surface area contributed by atoms with Gasteiger partial charge in [-0.25, -0.2) is 0 Å². The smallest absolute Gasteiger partial charge is 0.252 e. The van der Waals surface area contributed by atoms with E-state index in [1.165, 1.54) is 11.8 Å². The van der Waals surface area contributed by atoms with Gasteiger partial charge in [-0.05, 0) is 31.0 Å². The highest BCUT2D eigenvalue weighted by Crippen LogP contribution is 2.51. The summed E-state index contributed by atoms with van der Waals surface area (Å²) in [5, 5.41) is 3.37. The molecule has 2 saturated heterocycles. The zero-order valence-electron chi connectivity index (χ0n) is 13.3. The van der Waals surface area contributed by atoms with E-state index in [0.29, 0.717) is 12.8 Å². The number of benzene rings is 1. The SMILES string of the molecule is O=C1NC(=O)C2(N3C(=O)CSc4c3ccn4-c3ccccc3)CC1C2. The lowest BCUT2D eigenvalue weighted by Crippen LogP contribution is -2.75. The molecule has 1 N–H and O–H groups in total. The fourth-order valence-electron chi connectivity index (χ4n) is 4.05. The van der Waals surface area contributed by atoms with Gasteiger partial charge in [-0.3, -0.25) is 24.6 Å². The molecule has 3 aliphatic heterocycles. The predicted molar refractivity (Wildman–Crippen MR) is 92.6 cm³/mol. The van der Waals surface area contributed by atoms with E-state index >= 15 is 0 Å². The van der Waals surface area contributed by atoms with Gasteiger partial charge in [-0.2, -0.15) is 0 Å². The van der Waals surface area contributed by atoms with Crippen LogP contribution in [-0.2, 0) is 14.4 Å². The monoisotopic (exact) mass is 353 g/mol. The van der Waals surface area contributed by atoms with Crippen LogP contribution in [0, 0.1) is 5.92 Å². The molecule has 0 radical (unpaired) electrons. The molecule has 0 unspecified atom stereocenters. The Kier molecular flexibility index (Phi) is 2.94. The number of nitrogens with zero attached hydrogens (tertiary/aromatic N) is 2. The Balaban J connectivity index is 1.60. The first-order valence-electron chi connectivity index (χ1n) is 8.18. The summed E-state index contributed by atoms with van der Waals surface area (Å²) >= 11 is 1.48.